The number of ether oxygens (including phenoxy) is 1. The summed E-state index contributed by atoms with van der Waals surface area (Å²) in [6, 6.07) is 17.4. The molecule has 0 spiro atoms. The third-order valence-corrected chi connectivity index (χ3v) is 3.69. The third-order valence-electron chi connectivity index (χ3n) is 3.69. The number of methoxy groups -OCH3 is 1. The number of furan rings is 1. The van der Waals surface area contributed by atoms with E-state index in [1.807, 2.05) is 24.3 Å². The van der Waals surface area contributed by atoms with E-state index in [1.165, 1.54) is 6.26 Å². The van der Waals surface area contributed by atoms with Crippen molar-refractivity contribution in [2.45, 2.75) is 0 Å². The molecule has 2 aromatic carbocycles. The summed E-state index contributed by atoms with van der Waals surface area (Å²) in [6.07, 6.45) is 1.43. The molecule has 27 heavy (non-hydrogen) atoms. The number of nitrogens with one attached hydrogen (secondary N) is 3. The van der Waals surface area contributed by atoms with E-state index in [2.05, 4.69) is 16.0 Å². The average Bonchev–Trinajstić information content (AvgIpc) is 3.22. The number of hydrogen-bond donors (Lipinski definition) is 3. The summed E-state index contributed by atoms with van der Waals surface area (Å²) in [6.45, 7) is 0.106. The minimum absolute atomic E-state index is 0.106. The second-order valence-electron chi connectivity index (χ2n) is 5.64. The number of anilines is 3. The molecule has 7 nitrogen and oxygen atoms in total. The second kappa shape index (κ2) is 8.57. The van der Waals surface area contributed by atoms with Gasteiger partial charge in [0.05, 0.1) is 19.9 Å². The molecule has 0 fully saturated rings. The Morgan fingerprint density at radius 3 is 2.33 bits per heavy atom. The van der Waals surface area contributed by atoms with Crippen LogP contribution in [0.2, 0.25) is 0 Å². The van der Waals surface area contributed by atoms with Gasteiger partial charge >= 0.3 is 0 Å². The van der Waals surface area contributed by atoms with Gasteiger partial charge < -0.3 is 25.1 Å². The molecule has 0 aliphatic heterocycles. The fourth-order valence-corrected chi connectivity index (χ4v) is 2.37. The van der Waals surface area contributed by atoms with Crippen molar-refractivity contribution in [2.75, 3.05) is 29.6 Å². The summed E-state index contributed by atoms with van der Waals surface area (Å²) in [5, 5.41) is 8.53. The summed E-state index contributed by atoms with van der Waals surface area (Å²) in [5.41, 5.74) is 1.94. The van der Waals surface area contributed by atoms with Crippen LogP contribution >= 0.6 is 0 Å². The first-order valence-corrected chi connectivity index (χ1v) is 8.27. The normalized spacial score (nSPS) is 10.1. The highest BCUT2D eigenvalue weighted by Gasteiger charge is 2.09. The summed E-state index contributed by atoms with van der Waals surface area (Å²) in [7, 11) is 1.60. The Bertz CT molecular complexity index is 905. The summed E-state index contributed by atoms with van der Waals surface area (Å²) in [5.74, 6) is 0.400. The first-order chi connectivity index (χ1) is 13.1. The molecule has 0 saturated heterocycles. The molecule has 0 aliphatic rings. The van der Waals surface area contributed by atoms with Gasteiger partial charge in [-0.3, -0.25) is 9.59 Å². The van der Waals surface area contributed by atoms with Gasteiger partial charge in [-0.1, -0.05) is 6.07 Å². The van der Waals surface area contributed by atoms with Crippen LogP contribution in [0.5, 0.6) is 5.75 Å². The molecule has 138 valence electrons. The predicted molar refractivity (Wildman–Crippen MR) is 103 cm³/mol. The number of hydrogen-bond acceptors (Lipinski definition) is 5. The minimum atomic E-state index is -0.357. The van der Waals surface area contributed by atoms with Crippen LogP contribution in [0.3, 0.4) is 0 Å². The van der Waals surface area contributed by atoms with E-state index in [0.29, 0.717) is 11.4 Å². The van der Waals surface area contributed by atoms with Gasteiger partial charge in [-0.05, 0) is 54.6 Å². The highest BCUT2D eigenvalue weighted by molar-refractivity contribution is 6.02. The van der Waals surface area contributed by atoms with Gasteiger partial charge in [0.25, 0.3) is 5.91 Å². The van der Waals surface area contributed by atoms with Gasteiger partial charge in [0.1, 0.15) is 5.75 Å². The van der Waals surface area contributed by atoms with E-state index >= 15 is 0 Å². The van der Waals surface area contributed by atoms with Crippen molar-refractivity contribution in [3.63, 3.8) is 0 Å². The van der Waals surface area contributed by atoms with E-state index in [9.17, 15) is 9.59 Å². The van der Waals surface area contributed by atoms with E-state index in [-0.39, 0.29) is 24.1 Å². The van der Waals surface area contributed by atoms with Crippen molar-refractivity contribution >= 4 is 28.9 Å². The molecule has 0 unspecified atom stereocenters. The van der Waals surface area contributed by atoms with Crippen molar-refractivity contribution < 1.29 is 18.7 Å². The first kappa shape index (κ1) is 18.1. The molecule has 0 saturated carbocycles. The topological polar surface area (TPSA) is 92.6 Å². The maximum absolute atomic E-state index is 12.1. The Kier molecular flexibility index (Phi) is 5.73. The van der Waals surface area contributed by atoms with E-state index in [0.717, 1.165) is 11.4 Å². The molecule has 3 rings (SSSR count). The summed E-state index contributed by atoms with van der Waals surface area (Å²) >= 11 is 0. The lowest BCUT2D eigenvalue weighted by Crippen LogP contribution is -2.21. The molecule has 7 heteroatoms. The van der Waals surface area contributed by atoms with Gasteiger partial charge in [-0.25, -0.2) is 0 Å². The lowest BCUT2D eigenvalue weighted by molar-refractivity contribution is -0.114. The minimum Gasteiger partial charge on any atom is -0.497 e. The zero-order valence-corrected chi connectivity index (χ0v) is 14.7. The molecule has 0 aliphatic carbocycles. The van der Waals surface area contributed by atoms with Crippen LogP contribution in [0.15, 0.2) is 71.3 Å². The Morgan fingerprint density at radius 1 is 0.926 bits per heavy atom. The Labute approximate surface area is 156 Å². The van der Waals surface area contributed by atoms with Crippen LogP contribution in [-0.2, 0) is 4.79 Å². The SMILES string of the molecule is COc1ccc(NCC(=O)Nc2cccc(NC(=O)c3ccco3)c2)cc1. The van der Waals surface area contributed by atoms with Gasteiger partial charge in [0.15, 0.2) is 5.76 Å². The molecule has 0 bridgehead atoms. The summed E-state index contributed by atoms with van der Waals surface area (Å²) < 4.78 is 10.1. The largest absolute Gasteiger partial charge is 0.497 e. The monoisotopic (exact) mass is 365 g/mol. The van der Waals surface area contributed by atoms with Crippen molar-refractivity contribution in [3.05, 3.63) is 72.7 Å². The quantitative estimate of drug-likeness (QED) is 0.595. The fourth-order valence-electron chi connectivity index (χ4n) is 2.37. The highest BCUT2D eigenvalue weighted by atomic mass is 16.5. The Balaban J connectivity index is 1.53. The zero-order chi connectivity index (χ0) is 19.1. The third kappa shape index (κ3) is 5.12. The van der Waals surface area contributed by atoms with Gasteiger partial charge in [-0.2, -0.15) is 0 Å². The van der Waals surface area contributed by atoms with Crippen LogP contribution in [0.1, 0.15) is 10.6 Å². The van der Waals surface area contributed by atoms with Gasteiger partial charge in [-0.15, -0.1) is 0 Å². The van der Waals surface area contributed by atoms with Crippen LogP contribution in [0.25, 0.3) is 0 Å². The van der Waals surface area contributed by atoms with E-state index < -0.39 is 0 Å². The number of rotatable bonds is 7. The molecule has 3 N–H and O–H groups in total. The molecule has 1 aromatic heterocycles. The zero-order valence-electron chi connectivity index (χ0n) is 14.7. The fraction of sp³-hybridized carbons (Fsp3) is 0.100. The predicted octanol–water partition coefficient (Wildman–Crippen LogP) is 3.59. The molecular weight excluding hydrogens is 346 g/mol. The Morgan fingerprint density at radius 2 is 1.67 bits per heavy atom. The van der Waals surface area contributed by atoms with Crippen molar-refractivity contribution in [3.8, 4) is 5.75 Å². The standard InChI is InChI=1S/C20H19N3O4/c1-26-17-9-7-14(8-10-17)21-13-19(24)22-15-4-2-5-16(12-15)23-20(25)18-6-3-11-27-18/h2-12,21H,13H2,1H3,(H,22,24)(H,23,25). The lowest BCUT2D eigenvalue weighted by atomic mass is 10.2. The van der Waals surface area contributed by atoms with E-state index in [4.69, 9.17) is 9.15 Å². The van der Waals surface area contributed by atoms with Crippen LogP contribution in [0.4, 0.5) is 17.1 Å². The van der Waals surface area contributed by atoms with Crippen molar-refractivity contribution in [2.24, 2.45) is 0 Å². The number of amides is 2. The molecule has 0 radical (unpaired) electrons. The Hall–Kier alpha value is -3.74. The smallest absolute Gasteiger partial charge is 0.291 e. The average molecular weight is 365 g/mol. The van der Waals surface area contributed by atoms with Crippen LogP contribution in [-0.4, -0.2) is 25.5 Å². The lowest BCUT2D eigenvalue weighted by Gasteiger charge is -2.10. The number of carbonyl (C=O) groups excluding carboxylic acids is 2. The van der Waals surface area contributed by atoms with Gasteiger partial charge in [0, 0.05) is 17.1 Å². The van der Waals surface area contributed by atoms with Gasteiger partial charge in [0.2, 0.25) is 5.91 Å². The summed E-state index contributed by atoms with van der Waals surface area (Å²) in [4.78, 5) is 24.1. The second-order valence-corrected chi connectivity index (χ2v) is 5.64. The number of carbonyl (C=O) groups is 2. The van der Waals surface area contributed by atoms with Crippen molar-refractivity contribution in [1.82, 2.24) is 0 Å². The van der Waals surface area contributed by atoms with Crippen LogP contribution < -0.4 is 20.7 Å². The molecular formula is C20H19N3O4. The molecule has 3 aromatic rings. The first-order valence-electron chi connectivity index (χ1n) is 8.27. The van der Waals surface area contributed by atoms with Crippen molar-refractivity contribution in [1.29, 1.82) is 0 Å². The highest BCUT2D eigenvalue weighted by Crippen LogP contribution is 2.17. The maximum Gasteiger partial charge on any atom is 0.291 e. The number of benzene rings is 2. The van der Waals surface area contributed by atoms with E-state index in [1.54, 1.807) is 43.5 Å². The van der Waals surface area contributed by atoms with Crippen LogP contribution in [0, 0.1) is 0 Å². The maximum atomic E-state index is 12.1. The molecule has 1 heterocycles. The molecule has 2 amide bonds. The molecule has 0 atom stereocenters.